The normalized spacial score (nSPS) is 28.5. The number of carbonyl (C=O) groups is 1. The van der Waals surface area contributed by atoms with Gasteiger partial charge in [-0.3, -0.25) is 9.69 Å². The van der Waals surface area contributed by atoms with E-state index in [1.165, 1.54) is 0 Å². The van der Waals surface area contributed by atoms with Gasteiger partial charge in [0.05, 0.1) is 19.6 Å². The number of fused-ring (bicyclic) bond motifs is 1. The number of furan rings is 1. The van der Waals surface area contributed by atoms with E-state index in [2.05, 4.69) is 11.5 Å². The zero-order valence-corrected chi connectivity index (χ0v) is 16.8. The number of Topliss-reactive ketones (excluding diaryl/α,β-unsaturated/α-hetero) is 1. The molecule has 2 fully saturated rings. The van der Waals surface area contributed by atoms with E-state index >= 15 is 0 Å². The van der Waals surface area contributed by atoms with Gasteiger partial charge in [-0.05, 0) is 55.0 Å². The molecule has 1 aromatic carbocycles. The molecule has 3 aliphatic rings. The van der Waals surface area contributed by atoms with Gasteiger partial charge in [-0.1, -0.05) is 6.08 Å². The maximum atomic E-state index is 12.7. The number of methoxy groups -OCH3 is 1. The number of ether oxygens (including phenoxy) is 1. The first kappa shape index (κ1) is 18.5. The van der Waals surface area contributed by atoms with Crippen LogP contribution in [0.15, 0.2) is 41.7 Å². The van der Waals surface area contributed by atoms with Gasteiger partial charge in [0.1, 0.15) is 5.78 Å². The Morgan fingerprint density at radius 2 is 2.34 bits per heavy atom. The van der Waals surface area contributed by atoms with Gasteiger partial charge in [-0.2, -0.15) is 0 Å². The molecule has 1 saturated carbocycles. The van der Waals surface area contributed by atoms with Crippen LogP contribution >= 0.6 is 0 Å². The highest BCUT2D eigenvalue weighted by atomic mass is 16.5. The van der Waals surface area contributed by atoms with Crippen LogP contribution in [0.25, 0.3) is 11.1 Å². The van der Waals surface area contributed by atoms with Crippen molar-refractivity contribution in [3.63, 3.8) is 0 Å². The predicted octanol–water partition coefficient (Wildman–Crippen LogP) is 4.08. The maximum Gasteiger partial charge on any atom is 0.161 e. The summed E-state index contributed by atoms with van der Waals surface area (Å²) in [6, 6.07) is 4.20. The Labute approximate surface area is 171 Å². The number of carbonyl (C=O) groups excluding carboxylic acids is 1. The van der Waals surface area contributed by atoms with Crippen molar-refractivity contribution in [1.29, 1.82) is 0 Å². The number of aromatic hydroxyl groups is 1. The highest BCUT2D eigenvalue weighted by Crippen LogP contribution is 2.60. The van der Waals surface area contributed by atoms with E-state index in [0.717, 1.165) is 54.6 Å². The van der Waals surface area contributed by atoms with Crippen LogP contribution in [-0.4, -0.2) is 42.0 Å². The molecule has 152 valence electrons. The number of nitrogens with zero attached hydrogens (tertiary/aromatic N) is 1. The van der Waals surface area contributed by atoms with Crippen molar-refractivity contribution >= 4 is 5.78 Å². The van der Waals surface area contributed by atoms with E-state index in [1.54, 1.807) is 19.6 Å². The van der Waals surface area contributed by atoms with Gasteiger partial charge in [-0.15, -0.1) is 6.58 Å². The first-order valence-electron chi connectivity index (χ1n) is 10.4. The second kappa shape index (κ2) is 6.77. The lowest BCUT2D eigenvalue weighted by Crippen LogP contribution is -2.62. The zero-order valence-electron chi connectivity index (χ0n) is 16.8. The van der Waals surface area contributed by atoms with E-state index in [4.69, 9.17) is 9.15 Å². The van der Waals surface area contributed by atoms with Crippen molar-refractivity contribution in [2.24, 2.45) is 5.92 Å². The Hall–Kier alpha value is -2.53. The van der Waals surface area contributed by atoms with Crippen molar-refractivity contribution in [3.05, 3.63) is 48.4 Å². The summed E-state index contributed by atoms with van der Waals surface area (Å²) in [5.74, 6) is 1.34. The first-order valence-corrected chi connectivity index (χ1v) is 10.4. The Morgan fingerprint density at radius 1 is 1.48 bits per heavy atom. The molecule has 5 nitrogen and oxygen atoms in total. The van der Waals surface area contributed by atoms with Crippen molar-refractivity contribution in [2.75, 3.05) is 20.2 Å². The highest BCUT2D eigenvalue weighted by Gasteiger charge is 2.57. The third-order valence-electron chi connectivity index (χ3n) is 7.43. The fourth-order valence-electron chi connectivity index (χ4n) is 6.30. The van der Waals surface area contributed by atoms with Crippen LogP contribution in [0.4, 0.5) is 0 Å². The topological polar surface area (TPSA) is 62.9 Å². The number of phenolic OH excluding ortho intramolecular Hbond substituents is 1. The summed E-state index contributed by atoms with van der Waals surface area (Å²) in [7, 11) is 1.58. The van der Waals surface area contributed by atoms with Crippen LogP contribution in [0.5, 0.6) is 11.5 Å². The lowest BCUT2D eigenvalue weighted by molar-refractivity contribution is -0.127. The molecule has 1 aliphatic heterocycles. The molecule has 3 unspecified atom stereocenters. The minimum absolute atomic E-state index is 0.213. The molecule has 1 N–H and O–H groups in total. The predicted molar refractivity (Wildman–Crippen MR) is 110 cm³/mol. The van der Waals surface area contributed by atoms with Gasteiger partial charge in [0, 0.05) is 42.0 Å². The average Bonchev–Trinajstić information content (AvgIpc) is 3.24. The van der Waals surface area contributed by atoms with Crippen LogP contribution in [0.3, 0.4) is 0 Å². The molecule has 2 aromatic rings. The molecule has 5 rings (SSSR count). The number of hydrogen-bond donors (Lipinski definition) is 1. The standard InChI is InChI=1S/C24H27NO4/c1-3-8-25-9-7-24-13-16(26)4-5-19(24)20(25)11-18-17(15-6-10-29-14-15)12-21(28-2)23(27)22(18)24/h3,6,10,12,14,19-20,27H,1,4-5,7-9,11,13H2,2H3. The molecule has 3 atom stereocenters. The van der Waals surface area contributed by atoms with Crippen LogP contribution in [0.2, 0.25) is 0 Å². The molecule has 2 heterocycles. The fraction of sp³-hybridized carbons (Fsp3) is 0.458. The lowest BCUT2D eigenvalue weighted by atomic mass is 9.51. The van der Waals surface area contributed by atoms with Gasteiger partial charge >= 0.3 is 0 Å². The Kier molecular flexibility index (Phi) is 4.32. The molecule has 2 bridgehead atoms. The fourth-order valence-corrected chi connectivity index (χ4v) is 6.30. The van der Waals surface area contributed by atoms with E-state index in [0.29, 0.717) is 36.3 Å². The van der Waals surface area contributed by atoms with Gasteiger partial charge in [-0.25, -0.2) is 0 Å². The minimum atomic E-state index is -0.317. The third-order valence-corrected chi connectivity index (χ3v) is 7.43. The number of benzene rings is 1. The van der Waals surface area contributed by atoms with Crippen LogP contribution in [0.1, 0.15) is 36.8 Å². The highest BCUT2D eigenvalue weighted by molar-refractivity contribution is 5.83. The molecule has 29 heavy (non-hydrogen) atoms. The van der Waals surface area contributed by atoms with E-state index < -0.39 is 0 Å². The smallest absolute Gasteiger partial charge is 0.161 e. The van der Waals surface area contributed by atoms with Gasteiger partial charge in [0.25, 0.3) is 0 Å². The summed E-state index contributed by atoms with van der Waals surface area (Å²) in [4.78, 5) is 15.2. The van der Waals surface area contributed by atoms with Crippen LogP contribution in [0, 0.1) is 5.92 Å². The van der Waals surface area contributed by atoms with Crippen LogP contribution in [-0.2, 0) is 16.6 Å². The second-order valence-electron chi connectivity index (χ2n) is 8.66. The summed E-state index contributed by atoms with van der Waals surface area (Å²) in [6.45, 7) is 5.71. The third kappa shape index (κ3) is 2.60. The largest absolute Gasteiger partial charge is 0.504 e. The SMILES string of the molecule is C=CCN1CCC23CC(=O)CCC2C1Cc1c(-c2ccoc2)cc(OC)c(O)c13. The molecule has 5 heteroatoms. The Morgan fingerprint density at radius 3 is 3.07 bits per heavy atom. The molecule has 0 amide bonds. The van der Waals surface area contributed by atoms with Crippen molar-refractivity contribution in [2.45, 2.75) is 43.6 Å². The van der Waals surface area contributed by atoms with Crippen molar-refractivity contribution in [1.82, 2.24) is 4.90 Å². The quantitative estimate of drug-likeness (QED) is 0.793. The molecule has 1 saturated heterocycles. The monoisotopic (exact) mass is 393 g/mol. The van der Waals surface area contributed by atoms with Crippen molar-refractivity contribution < 1.29 is 19.1 Å². The average molecular weight is 393 g/mol. The zero-order chi connectivity index (χ0) is 20.2. The maximum absolute atomic E-state index is 12.7. The molecular weight excluding hydrogens is 366 g/mol. The first-order chi connectivity index (χ1) is 14.1. The summed E-state index contributed by atoms with van der Waals surface area (Å²) in [6.07, 6.45) is 9.12. The second-order valence-corrected chi connectivity index (χ2v) is 8.66. The molecule has 0 radical (unpaired) electrons. The van der Waals surface area contributed by atoms with Gasteiger partial charge < -0.3 is 14.3 Å². The summed E-state index contributed by atoms with van der Waals surface area (Å²) >= 11 is 0. The molecule has 0 spiro atoms. The van der Waals surface area contributed by atoms with Crippen molar-refractivity contribution in [3.8, 4) is 22.6 Å². The molecule has 2 aliphatic carbocycles. The minimum Gasteiger partial charge on any atom is -0.504 e. The summed E-state index contributed by atoms with van der Waals surface area (Å²) < 4.78 is 10.9. The number of likely N-dealkylation sites (tertiary alicyclic amines) is 1. The van der Waals surface area contributed by atoms with Gasteiger partial charge in [0.2, 0.25) is 0 Å². The van der Waals surface area contributed by atoms with Gasteiger partial charge in [0.15, 0.2) is 11.5 Å². The lowest BCUT2D eigenvalue weighted by Gasteiger charge is -2.58. The van der Waals surface area contributed by atoms with Crippen LogP contribution < -0.4 is 4.74 Å². The van der Waals surface area contributed by atoms with E-state index in [9.17, 15) is 9.90 Å². The van der Waals surface area contributed by atoms with E-state index in [-0.39, 0.29) is 11.2 Å². The Bertz CT molecular complexity index is 964. The summed E-state index contributed by atoms with van der Waals surface area (Å²) in [5, 5.41) is 11.3. The number of phenols is 1. The molecule has 1 aromatic heterocycles. The molecular formula is C24H27NO4. The number of piperidine rings is 1. The Balaban J connectivity index is 1.78. The number of rotatable bonds is 4. The number of ketones is 1. The summed E-state index contributed by atoms with van der Waals surface area (Å²) in [5.41, 5.74) is 3.77. The number of hydrogen-bond acceptors (Lipinski definition) is 5. The van der Waals surface area contributed by atoms with E-state index in [1.807, 2.05) is 18.2 Å².